The number of amides is 1. The molecule has 1 aliphatic heterocycles. The van der Waals surface area contributed by atoms with E-state index in [0.29, 0.717) is 23.8 Å². The number of aromatic nitrogens is 1. The number of aryl methyl sites for hydroxylation is 1. The highest BCUT2D eigenvalue weighted by Crippen LogP contribution is 2.19. The number of carbonyl (C=O) groups excluding carboxylic acids is 1. The molecule has 2 heterocycles. The van der Waals surface area contributed by atoms with E-state index in [1.54, 1.807) is 12.1 Å². The van der Waals surface area contributed by atoms with Crippen molar-refractivity contribution < 1.29 is 14.3 Å². The van der Waals surface area contributed by atoms with Crippen LogP contribution in [0.3, 0.4) is 0 Å². The molecule has 1 aliphatic rings. The number of ether oxygens (including phenoxy) is 2. The molecule has 5 nitrogen and oxygen atoms in total. The van der Waals surface area contributed by atoms with E-state index in [4.69, 9.17) is 9.47 Å². The fourth-order valence-electron chi connectivity index (χ4n) is 2.80. The lowest BCUT2D eigenvalue weighted by Crippen LogP contribution is -2.21. The van der Waals surface area contributed by atoms with Crippen LogP contribution in [0.25, 0.3) is 0 Å². The van der Waals surface area contributed by atoms with Crippen molar-refractivity contribution in [1.82, 2.24) is 4.57 Å². The predicted molar refractivity (Wildman–Crippen MR) is 93.5 cm³/mol. The molecule has 1 saturated heterocycles. The first kappa shape index (κ1) is 16.9. The Morgan fingerprint density at radius 3 is 3.04 bits per heavy atom. The Morgan fingerprint density at radius 2 is 2.29 bits per heavy atom. The molecule has 0 spiro atoms. The van der Waals surface area contributed by atoms with Gasteiger partial charge >= 0.3 is 0 Å². The molecule has 0 saturated carbocycles. The molecule has 1 aromatic carbocycles. The minimum Gasteiger partial charge on any atom is -0.493 e. The van der Waals surface area contributed by atoms with E-state index in [2.05, 4.69) is 15.8 Å². The van der Waals surface area contributed by atoms with Crippen molar-refractivity contribution in [2.45, 2.75) is 26.8 Å². The third kappa shape index (κ3) is 3.94. The summed E-state index contributed by atoms with van der Waals surface area (Å²) in [4.78, 5) is 18.9. The molecular formula is C18H22N2O3S. The number of nitrogens with zero attached hydrogens (tertiary/aromatic N) is 2. The van der Waals surface area contributed by atoms with Crippen LogP contribution in [0.15, 0.2) is 35.5 Å². The van der Waals surface area contributed by atoms with Gasteiger partial charge < -0.3 is 14.0 Å². The first-order valence-corrected chi connectivity index (χ1v) is 9.04. The maximum absolute atomic E-state index is 12.6. The standard InChI is InChI=1S/C18H22N2O3S/c1-3-23-16-7-5-4-6-15(16)17(21)19-18-20(10-13(2)24-18)11-14-8-9-22-12-14/h4-7,10,14H,3,8-9,11-12H2,1-2H3/b19-18-. The number of hydrogen-bond donors (Lipinski definition) is 0. The van der Waals surface area contributed by atoms with Gasteiger partial charge in [-0.15, -0.1) is 11.3 Å². The van der Waals surface area contributed by atoms with Gasteiger partial charge in [-0.2, -0.15) is 4.99 Å². The summed E-state index contributed by atoms with van der Waals surface area (Å²) in [5.41, 5.74) is 0.501. The summed E-state index contributed by atoms with van der Waals surface area (Å²) in [5.74, 6) is 0.804. The first-order chi connectivity index (χ1) is 11.7. The SMILES string of the molecule is CCOc1ccccc1C(=O)/N=c1\sc(C)cn1CC1CCOC1. The quantitative estimate of drug-likeness (QED) is 0.836. The van der Waals surface area contributed by atoms with Gasteiger partial charge in [0.05, 0.1) is 18.8 Å². The van der Waals surface area contributed by atoms with Crippen LogP contribution in [-0.4, -0.2) is 30.3 Å². The number of carbonyl (C=O) groups is 1. The molecule has 6 heteroatoms. The van der Waals surface area contributed by atoms with Crippen LogP contribution < -0.4 is 9.54 Å². The molecule has 1 atom stereocenters. The largest absolute Gasteiger partial charge is 0.493 e. The molecule has 0 bridgehead atoms. The van der Waals surface area contributed by atoms with Gasteiger partial charge in [-0.1, -0.05) is 12.1 Å². The van der Waals surface area contributed by atoms with Gasteiger partial charge in [-0.25, -0.2) is 0 Å². The third-order valence-corrected chi connectivity index (χ3v) is 4.86. The molecular weight excluding hydrogens is 324 g/mol. The van der Waals surface area contributed by atoms with E-state index >= 15 is 0 Å². The minimum atomic E-state index is -0.266. The van der Waals surface area contributed by atoms with Gasteiger partial charge in [0.25, 0.3) is 5.91 Å². The lowest BCUT2D eigenvalue weighted by molar-refractivity contribution is 0.0994. The number of para-hydroxylation sites is 1. The van der Waals surface area contributed by atoms with Gasteiger partial charge in [0.15, 0.2) is 4.80 Å². The van der Waals surface area contributed by atoms with Crippen LogP contribution >= 0.6 is 11.3 Å². The average molecular weight is 346 g/mol. The van der Waals surface area contributed by atoms with Crippen LogP contribution in [0, 0.1) is 12.8 Å². The molecule has 0 N–H and O–H groups in total. The lowest BCUT2D eigenvalue weighted by atomic mass is 10.1. The molecule has 1 aromatic heterocycles. The maximum atomic E-state index is 12.6. The molecule has 1 fully saturated rings. The van der Waals surface area contributed by atoms with Gasteiger partial charge in [0, 0.05) is 30.1 Å². The average Bonchev–Trinajstić information content (AvgIpc) is 3.19. The second kappa shape index (κ2) is 7.77. The summed E-state index contributed by atoms with van der Waals surface area (Å²) in [6.45, 7) is 6.89. The van der Waals surface area contributed by atoms with Crippen molar-refractivity contribution in [3.8, 4) is 5.75 Å². The second-order valence-electron chi connectivity index (χ2n) is 5.85. The van der Waals surface area contributed by atoms with E-state index in [-0.39, 0.29) is 5.91 Å². The summed E-state index contributed by atoms with van der Waals surface area (Å²) < 4.78 is 13.1. The van der Waals surface area contributed by atoms with Crippen LogP contribution in [0.1, 0.15) is 28.6 Å². The summed E-state index contributed by atoms with van der Waals surface area (Å²) in [6.07, 6.45) is 3.12. The summed E-state index contributed by atoms with van der Waals surface area (Å²) in [6, 6.07) is 7.24. The topological polar surface area (TPSA) is 52.8 Å². The molecule has 128 valence electrons. The Kier molecular flexibility index (Phi) is 5.48. The van der Waals surface area contributed by atoms with E-state index in [9.17, 15) is 4.79 Å². The molecule has 0 aliphatic carbocycles. The molecule has 3 rings (SSSR count). The molecule has 0 radical (unpaired) electrons. The monoisotopic (exact) mass is 346 g/mol. The summed E-state index contributed by atoms with van der Waals surface area (Å²) in [7, 11) is 0. The highest BCUT2D eigenvalue weighted by molar-refractivity contribution is 7.09. The zero-order valence-corrected chi connectivity index (χ0v) is 14.8. The third-order valence-electron chi connectivity index (χ3n) is 3.93. The molecule has 1 amide bonds. The number of hydrogen-bond acceptors (Lipinski definition) is 4. The van der Waals surface area contributed by atoms with Crippen LogP contribution in [0.5, 0.6) is 5.75 Å². The number of benzene rings is 1. The van der Waals surface area contributed by atoms with Crippen molar-refractivity contribution in [1.29, 1.82) is 0 Å². The van der Waals surface area contributed by atoms with E-state index < -0.39 is 0 Å². The summed E-state index contributed by atoms with van der Waals surface area (Å²) >= 11 is 1.53. The maximum Gasteiger partial charge on any atom is 0.283 e. The van der Waals surface area contributed by atoms with Crippen molar-refractivity contribution in [2.24, 2.45) is 10.9 Å². The zero-order chi connectivity index (χ0) is 16.9. The first-order valence-electron chi connectivity index (χ1n) is 8.23. The highest BCUT2D eigenvalue weighted by atomic mass is 32.1. The minimum absolute atomic E-state index is 0.266. The van der Waals surface area contributed by atoms with Crippen LogP contribution in [-0.2, 0) is 11.3 Å². The Balaban J connectivity index is 1.89. The van der Waals surface area contributed by atoms with Crippen molar-refractivity contribution >= 4 is 17.2 Å². The van der Waals surface area contributed by atoms with Gasteiger partial charge in [-0.05, 0) is 32.4 Å². The van der Waals surface area contributed by atoms with Crippen molar-refractivity contribution in [3.63, 3.8) is 0 Å². The van der Waals surface area contributed by atoms with E-state index in [1.807, 2.05) is 26.0 Å². The zero-order valence-electron chi connectivity index (χ0n) is 14.0. The Morgan fingerprint density at radius 1 is 1.46 bits per heavy atom. The van der Waals surface area contributed by atoms with E-state index in [0.717, 1.165) is 35.9 Å². The fourth-order valence-corrected chi connectivity index (χ4v) is 3.64. The smallest absolute Gasteiger partial charge is 0.283 e. The lowest BCUT2D eigenvalue weighted by Gasteiger charge is -2.09. The molecule has 24 heavy (non-hydrogen) atoms. The number of rotatable bonds is 5. The van der Waals surface area contributed by atoms with Gasteiger partial charge in [0.2, 0.25) is 0 Å². The van der Waals surface area contributed by atoms with E-state index in [1.165, 1.54) is 11.3 Å². The highest BCUT2D eigenvalue weighted by Gasteiger charge is 2.17. The number of thiazole rings is 1. The Labute approximate surface area is 145 Å². The van der Waals surface area contributed by atoms with Crippen molar-refractivity contribution in [2.75, 3.05) is 19.8 Å². The summed E-state index contributed by atoms with van der Waals surface area (Å²) in [5, 5.41) is 0. The second-order valence-corrected chi connectivity index (χ2v) is 7.07. The fraction of sp³-hybridized carbons (Fsp3) is 0.444. The molecule has 2 aromatic rings. The van der Waals surface area contributed by atoms with Crippen LogP contribution in [0.4, 0.5) is 0 Å². The Bertz CT molecular complexity index is 773. The normalized spacial score (nSPS) is 18.1. The van der Waals surface area contributed by atoms with Gasteiger partial charge in [0.1, 0.15) is 5.75 Å². The molecule has 1 unspecified atom stereocenters. The van der Waals surface area contributed by atoms with Crippen molar-refractivity contribution in [3.05, 3.63) is 45.7 Å². The van der Waals surface area contributed by atoms with Crippen LogP contribution in [0.2, 0.25) is 0 Å². The van der Waals surface area contributed by atoms with Gasteiger partial charge in [-0.3, -0.25) is 4.79 Å². The predicted octanol–water partition coefficient (Wildman–Crippen LogP) is 3.03. The Hall–Kier alpha value is -1.92.